The summed E-state index contributed by atoms with van der Waals surface area (Å²) in [7, 11) is 0. The molecule has 1 saturated heterocycles. The van der Waals surface area contributed by atoms with Gasteiger partial charge in [-0.25, -0.2) is 0 Å². The number of ether oxygens (including phenoxy) is 1. The van der Waals surface area contributed by atoms with Gasteiger partial charge >= 0.3 is 0 Å². The molecule has 23 heavy (non-hydrogen) atoms. The van der Waals surface area contributed by atoms with Gasteiger partial charge in [0.15, 0.2) is 0 Å². The SMILES string of the molecule is CCOC1CC(O)C12CCN(C(=O)Cc1c(C)noc1C)CC2. The third kappa shape index (κ3) is 2.78. The van der Waals surface area contributed by atoms with Crippen molar-refractivity contribution in [2.45, 2.75) is 58.7 Å². The van der Waals surface area contributed by atoms with E-state index >= 15 is 0 Å². The van der Waals surface area contributed by atoms with Gasteiger partial charge in [0, 0.05) is 37.1 Å². The first-order chi connectivity index (χ1) is 11.0. The number of aliphatic hydroxyl groups excluding tert-OH is 1. The maximum Gasteiger partial charge on any atom is 0.227 e. The van der Waals surface area contributed by atoms with Gasteiger partial charge in [0.1, 0.15) is 5.76 Å². The molecule has 0 aromatic carbocycles. The molecule has 0 bridgehead atoms. The van der Waals surface area contributed by atoms with Gasteiger partial charge in [-0.15, -0.1) is 0 Å². The monoisotopic (exact) mass is 322 g/mol. The molecule has 1 N–H and O–H groups in total. The van der Waals surface area contributed by atoms with Crippen LogP contribution in [0.25, 0.3) is 0 Å². The zero-order valence-electron chi connectivity index (χ0n) is 14.2. The van der Waals surface area contributed by atoms with Crippen molar-refractivity contribution in [3.05, 3.63) is 17.0 Å². The van der Waals surface area contributed by atoms with Gasteiger partial charge in [-0.3, -0.25) is 4.79 Å². The van der Waals surface area contributed by atoms with Gasteiger partial charge < -0.3 is 19.3 Å². The van der Waals surface area contributed by atoms with Crippen LogP contribution >= 0.6 is 0 Å². The standard InChI is InChI=1S/C17H26N2O4/c1-4-22-15-10-14(20)17(15)5-7-19(8-6-17)16(21)9-13-11(2)18-23-12(13)3/h14-15,20H,4-10H2,1-3H3. The summed E-state index contributed by atoms with van der Waals surface area (Å²) in [6, 6.07) is 0. The van der Waals surface area contributed by atoms with Crippen molar-refractivity contribution in [2.24, 2.45) is 5.41 Å². The number of amides is 1. The van der Waals surface area contributed by atoms with E-state index in [1.165, 1.54) is 0 Å². The maximum atomic E-state index is 12.5. The molecule has 1 amide bonds. The molecule has 1 aromatic heterocycles. The number of hydrogen-bond donors (Lipinski definition) is 1. The van der Waals surface area contributed by atoms with Crippen LogP contribution in [0.1, 0.15) is 43.2 Å². The highest BCUT2D eigenvalue weighted by atomic mass is 16.5. The molecule has 1 saturated carbocycles. The molecule has 2 fully saturated rings. The van der Waals surface area contributed by atoms with Crippen molar-refractivity contribution in [1.29, 1.82) is 0 Å². The average molecular weight is 322 g/mol. The van der Waals surface area contributed by atoms with Crippen LogP contribution in [0.5, 0.6) is 0 Å². The second kappa shape index (κ2) is 6.24. The van der Waals surface area contributed by atoms with Crippen molar-refractivity contribution in [3.63, 3.8) is 0 Å². The Morgan fingerprint density at radius 1 is 1.43 bits per heavy atom. The van der Waals surface area contributed by atoms with Crippen LogP contribution < -0.4 is 0 Å². The highest BCUT2D eigenvalue weighted by Gasteiger charge is 2.56. The van der Waals surface area contributed by atoms with E-state index in [1.54, 1.807) is 0 Å². The summed E-state index contributed by atoms with van der Waals surface area (Å²) in [4.78, 5) is 14.4. The number of likely N-dealkylation sites (tertiary alicyclic amines) is 1. The smallest absolute Gasteiger partial charge is 0.227 e. The summed E-state index contributed by atoms with van der Waals surface area (Å²) in [6.45, 7) is 7.73. The highest BCUT2D eigenvalue weighted by molar-refractivity contribution is 5.79. The second-order valence-electron chi connectivity index (χ2n) is 6.79. The van der Waals surface area contributed by atoms with Crippen LogP contribution in [0.2, 0.25) is 0 Å². The van der Waals surface area contributed by atoms with Crippen molar-refractivity contribution >= 4 is 5.91 Å². The fraction of sp³-hybridized carbons (Fsp3) is 0.765. The number of aryl methyl sites for hydroxylation is 2. The number of hydrogen-bond acceptors (Lipinski definition) is 5. The molecule has 2 heterocycles. The number of rotatable bonds is 4. The fourth-order valence-electron chi connectivity index (χ4n) is 4.01. The maximum absolute atomic E-state index is 12.5. The predicted octanol–water partition coefficient (Wildman–Crippen LogP) is 1.61. The molecule has 0 radical (unpaired) electrons. The van der Waals surface area contributed by atoms with E-state index in [2.05, 4.69) is 5.16 Å². The van der Waals surface area contributed by atoms with Crippen molar-refractivity contribution in [2.75, 3.05) is 19.7 Å². The Balaban J connectivity index is 1.59. The Hall–Kier alpha value is -1.40. The van der Waals surface area contributed by atoms with Gasteiger partial charge in [0.05, 0.1) is 24.3 Å². The molecule has 1 aliphatic carbocycles. The van der Waals surface area contributed by atoms with E-state index in [0.29, 0.717) is 26.1 Å². The molecule has 1 aromatic rings. The van der Waals surface area contributed by atoms with E-state index in [1.807, 2.05) is 25.7 Å². The van der Waals surface area contributed by atoms with E-state index in [9.17, 15) is 9.90 Å². The minimum absolute atomic E-state index is 0.107. The summed E-state index contributed by atoms with van der Waals surface area (Å²) < 4.78 is 10.9. The Labute approximate surface area is 136 Å². The molecular formula is C17H26N2O4. The lowest BCUT2D eigenvalue weighted by Gasteiger charge is -2.56. The minimum Gasteiger partial charge on any atom is -0.392 e. The van der Waals surface area contributed by atoms with E-state index < -0.39 is 0 Å². The summed E-state index contributed by atoms with van der Waals surface area (Å²) in [5.41, 5.74) is 1.54. The van der Waals surface area contributed by atoms with Crippen molar-refractivity contribution in [1.82, 2.24) is 10.1 Å². The number of aliphatic hydroxyl groups is 1. The minimum atomic E-state index is -0.293. The second-order valence-corrected chi connectivity index (χ2v) is 6.79. The zero-order chi connectivity index (χ0) is 16.6. The Kier molecular flexibility index (Phi) is 4.47. The van der Waals surface area contributed by atoms with Crippen molar-refractivity contribution < 1.29 is 19.2 Å². The van der Waals surface area contributed by atoms with Crippen LogP contribution in [0, 0.1) is 19.3 Å². The molecule has 6 heteroatoms. The number of carbonyl (C=O) groups is 1. The molecule has 3 rings (SSSR count). The molecule has 128 valence electrons. The van der Waals surface area contributed by atoms with Gasteiger partial charge in [-0.1, -0.05) is 5.16 Å². The van der Waals surface area contributed by atoms with Gasteiger partial charge in [-0.2, -0.15) is 0 Å². The first kappa shape index (κ1) is 16.5. The Bertz CT molecular complexity index is 554. The quantitative estimate of drug-likeness (QED) is 0.911. The van der Waals surface area contributed by atoms with Crippen LogP contribution in [-0.2, 0) is 16.0 Å². The van der Waals surface area contributed by atoms with Crippen molar-refractivity contribution in [3.8, 4) is 0 Å². The summed E-state index contributed by atoms with van der Waals surface area (Å²) in [5.74, 6) is 0.825. The fourth-order valence-corrected chi connectivity index (χ4v) is 4.01. The number of carbonyl (C=O) groups excluding carboxylic acids is 1. The van der Waals surface area contributed by atoms with E-state index in [-0.39, 0.29) is 23.5 Å². The van der Waals surface area contributed by atoms with Crippen LogP contribution in [-0.4, -0.2) is 53.0 Å². The van der Waals surface area contributed by atoms with E-state index in [4.69, 9.17) is 9.26 Å². The molecule has 1 spiro atoms. The van der Waals surface area contributed by atoms with Gasteiger partial charge in [-0.05, 0) is 33.6 Å². The van der Waals surface area contributed by atoms with E-state index in [0.717, 1.165) is 36.3 Å². The van der Waals surface area contributed by atoms with Crippen LogP contribution in [0.15, 0.2) is 4.52 Å². The first-order valence-corrected chi connectivity index (χ1v) is 8.47. The largest absolute Gasteiger partial charge is 0.392 e. The molecule has 1 aliphatic heterocycles. The number of nitrogens with zero attached hydrogens (tertiary/aromatic N) is 2. The lowest BCUT2D eigenvalue weighted by Crippen LogP contribution is -2.62. The predicted molar refractivity (Wildman–Crippen MR) is 84.0 cm³/mol. The Morgan fingerprint density at radius 2 is 2.13 bits per heavy atom. The molecular weight excluding hydrogens is 296 g/mol. The lowest BCUT2D eigenvalue weighted by molar-refractivity contribution is -0.210. The number of piperidine rings is 1. The molecule has 2 unspecified atom stereocenters. The normalized spacial score (nSPS) is 26.3. The van der Waals surface area contributed by atoms with Gasteiger partial charge in [0.2, 0.25) is 5.91 Å². The highest BCUT2D eigenvalue weighted by Crippen LogP contribution is 2.50. The van der Waals surface area contributed by atoms with Crippen LogP contribution in [0.3, 0.4) is 0 Å². The third-order valence-electron chi connectivity index (χ3n) is 5.67. The lowest BCUT2D eigenvalue weighted by atomic mass is 9.58. The summed E-state index contributed by atoms with van der Waals surface area (Å²) in [6.07, 6.45) is 2.53. The average Bonchev–Trinajstić information content (AvgIpc) is 2.86. The Morgan fingerprint density at radius 3 is 2.65 bits per heavy atom. The molecule has 6 nitrogen and oxygen atoms in total. The van der Waals surface area contributed by atoms with Gasteiger partial charge in [0.25, 0.3) is 0 Å². The molecule has 2 aliphatic rings. The third-order valence-corrected chi connectivity index (χ3v) is 5.67. The molecule has 2 atom stereocenters. The zero-order valence-corrected chi connectivity index (χ0v) is 14.2. The topological polar surface area (TPSA) is 75.8 Å². The number of aromatic nitrogens is 1. The van der Waals surface area contributed by atoms with Crippen LogP contribution in [0.4, 0.5) is 0 Å². The summed E-state index contributed by atoms with van der Waals surface area (Å²) in [5, 5.41) is 14.1. The summed E-state index contributed by atoms with van der Waals surface area (Å²) >= 11 is 0. The first-order valence-electron chi connectivity index (χ1n) is 8.47.